The van der Waals surface area contributed by atoms with Crippen molar-refractivity contribution in [3.05, 3.63) is 96.9 Å². The molecule has 0 aromatic heterocycles. The second-order valence-electron chi connectivity index (χ2n) is 5.91. The fraction of sp³-hybridized carbons (Fsp3) is 0.227. The summed E-state index contributed by atoms with van der Waals surface area (Å²) in [6, 6.07) is 0. The number of carbonyl (C=O) groups excluding carboxylic acids is 1. The number of amides is 1. The van der Waals surface area contributed by atoms with Gasteiger partial charge in [0.25, 0.3) is 5.91 Å². The molecule has 1 heterocycles. The van der Waals surface area contributed by atoms with Crippen molar-refractivity contribution in [2.45, 2.75) is 19.1 Å². The van der Waals surface area contributed by atoms with E-state index in [9.17, 15) is 20.1 Å². The predicted octanol–water partition coefficient (Wildman–Crippen LogP) is 2.81. The van der Waals surface area contributed by atoms with Crippen LogP contribution < -0.4 is 5.32 Å². The Hall–Kier alpha value is -2.89. The fourth-order valence-corrected chi connectivity index (χ4v) is 1.92. The second kappa shape index (κ2) is 13.3. The highest BCUT2D eigenvalue weighted by atomic mass is 16.3. The molecule has 27 heavy (non-hydrogen) atoms. The van der Waals surface area contributed by atoms with Crippen LogP contribution in [0.15, 0.2) is 96.9 Å². The summed E-state index contributed by atoms with van der Waals surface area (Å²) in [4.78, 5) is 11.8. The average Bonchev–Trinajstić information content (AvgIpc) is 2.65. The standard InChI is InChI=1S/C22H27NO4/c1-18-13-9-6-4-2-3-5-7-10-14-19(24)20(25)15-11-8-12-16-21(26)22(27)23-17-18/h2-16,18-20,24-26H,17H2,1H3,(H,23,27)/b3-2+,6-4+,7-5+,12-8+,13-9-,14-10-,15-11-,21-16-. The molecule has 5 heteroatoms. The summed E-state index contributed by atoms with van der Waals surface area (Å²) in [5.74, 6) is -0.847. The Kier molecular flexibility index (Phi) is 10.9. The molecule has 4 N–H and O–H groups in total. The van der Waals surface area contributed by atoms with Crippen molar-refractivity contribution in [2.24, 2.45) is 5.92 Å². The Morgan fingerprint density at radius 1 is 0.778 bits per heavy atom. The molecule has 0 aliphatic carbocycles. The van der Waals surface area contributed by atoms with Crippen LogP contribution in [0.3, 0.4) is 0 Å². The highest BCUT2D eigenvalue weighted by molar-refractivity contribution is 5.91. The first kappa shape index (κ1) is 22.2. The summed E-state index contributed by atoms with van der Waals surface area (Å²) >= 11 is 0. The van der Waals surface area contributed by atoms with Crippen molar-refractivity contribution in [1.29, 1.82) is 0 Å². The Morgan fingerprint density at radius 3 is 1.78 bits per heavy atom. The Labute approximate surface area is 160 Å². The maximum Gasteiger partial charge on any atom is 0.286 e. The van der Waals surface area contributed by atoms with Gasteiger partial charge in [-0.3, -0.25) is 4.79 Å². The van der Waals surface area contributed by atoms with E-state index in [1.807, 2.05) is 49.5 Å². The molecule has 0 aromatic carbocycles. The van der Waals surface area contributed by atoms with E-state index in [4.69, 9.17) is 0 Å². The van der Waals surface area contributed by atoms with Crippen LogP contribution in [0.5, 0.6) is 0 Å². The zero-order valence-electron chi connectivity index (χ0n) is 15.3. The molecule has 144 valence electrons. The van der Waals surface area contributed by atoms with Gasteiger partial charge in [0.1, 0.15) is 12.2 Å². The first-order valence-electron chi connectivity index (χ1n) is 8.74. The van der Waals surface area contributed by atoms with Gasteiger partial charge >= 0.3 is 0 Å². The molecule has 3 unspecified atom stereocenters. The van der Waals surface area contributed by atoms with E-state index in [0.29, 0.717) is 6.54 Å². The van der Waals surface area contributed by atoms with Crippen LogP contribution in [0.1, 0.15) is 6.92 Å². The van der Waals surface area contributed by atoms with Crippen LogP contribution in [-0.4, -0.2) is 40.0 Å². The monoisotopic (exact) mass is 369 g/mol. The number of nitrogens with one attached hydrogen (secondary N) is 1. The van der Waals surface area contributed by atoms with E-state index in [-0.39, 0.29) is 5.92 Å². The van der Waals surface area contributed by atoms with E-state index < -0.39 is 23.9 Å². The molecule has 0 spiro atoms. The maximum atomic E-state index is 11.8. The summed E-state index contributed by atoms with van der Waals surface area (Å²) < 4.78 is 0. The Morgan fingerprint density at radius 2 is 1.22 bits per heavy atom. The van der Waals surface area contributed by atoms with Gasteiger partial charge in [0.15, 0.2) is 5.76 Å². The minimum Gasteiger partial charge on any atom is -0.503 e. The number of aliphatic hydroxyl groups is 3. The van der Waals surface area contributed by atoms with Crippen molar-refractivity contribution in [3.63, 3.8) is 0 Å². The Balaban J connectivity index is 2.87. The third-order valence-electron chi connectivity index (χ3n) is 3.48. The van der Waals surface area contributed by atoms with Crippen molar-refractivity contribution < 1.29 is 20.1 Å². The zero-order valence-corrected chi connectivity index (χ0v) is 15.3. The topological polar surface area (TPSA) is 89.8 Å². The van der Waals surface area contributed by atoms with Crippen molar-refractivity contribution in [3.8, 4) is 0 Å². The van der Waals surface area contributed by atoms with Crippen molar-refractivity contribution in [2.75, 3.05) is 6.54 Å². The Bertz CT molecular complexity index is 693. The zero-order chi connectivity index (χ0) is 19.9. The van der Waals surface area contributed by atoms with Gasteiger partial charge in [-0.2, -0.15) is 0 Å². The third kappa shape index (κ3) is 10.6. The molecule has 1 aliphatic rings. The van der Waals surface area contributed by atoms with E-state index in [0.717, 1.165) is 0 Å². The van der Waals surface area contributed by atoms with E-state index >= 15 is 0 Å². The van der Waals surface area contributed by atoms with Crippen molar-refractivity contribution >= 4 is 5.91 Å². The first-order chi connectivity index (χ1) is 13.0. The summed E-state index contributed by atoms with van der Waals surface area (Å²) in [6.45, 7) is 2.36. The number of rotatable bonds is 0. The number of allylic oxidation sites excluding steroid dienone is 12. The summed E-state index contributed by atoms with van der Waals surface area (Å²) in [5, 5.41) is 32.0. The van der Waals surface area contributed by atoms with Crippen molar-refractivity contribution in [1.82, 2.24) is 5.32 Å². The molecule has 0 radical (unpaired) electrons. The lowest BCUT2D eigenvalue weighted by atomic mass is 10.1. The van der Waals surface area contributed by atoms with E-state index in [1.165, 1.54) is 36.5 Å². The van der Waals surface area contributed by atoms with Gasteiger partial charge in [-0.15, -0.1) is 0 Å². The average molecular weight is 369 g/mol. The van der Waals surface area contributed by atoms with Crippen LogP contribution in [0.25, 0.3) is 0 Å². The molecule has 0 fully saturated rings. The third-order valence-corrected chi connectivity index (χ3v) is 3.48. The highest BCUT2D eigenvalue weighted by Gasteiger charge is 2.08. The van der Waals surface area contributed by atoms with Gasteiger partial charge in [-0.05, 0) is 12.0 Å². The highest BCUT2D eigenvalue weighted by Crippen LogP contribution is 2.00. The quantitative estimate of drug-likeness (QED) is 0.529. The summed E-state index contributed by atoms with van der Waals surface area (Å²) in [6.07, 6.45) is 23.1. The number of hydrogen-bond acceptors (Lipinski definition) is 4. The van der Waals surface area contributed by atoms with Gasteiger partial charge in [0, 0.05) is 6.54 Å². The first-order valence-corrected chi connectivity index (χ1v) is 8.74. The maximum absolute atomic E-state index is 11.8. The van der Waals surface area contributed by atoms with Gasteiger partial charge in [-0.25, -0.2) is 0 Å². The van der Waals surface area contributed by atoms with E-state index in [2.05, 4.69) is 5.32 Å². The number of aliphatic hydroxyl groups excluding tert-OH is 3. The number of carbonyl (C=O) groups is 1. The lowest BCUT2D eigenvalue weighted by molar-refractivity contribution is -0.120. The molecule has 5 nitrogen and oxygen atoms in total. The minimum atomic E-state index is -1.07. The molecule has 0 saturated heterocycles. The van der Waals surface area contributed by atoms with Crippen LogP contribution in [0, 0.1) is 5.92 Å². The molecule has 0 bridgehead atoms. The number of hydrogen-bond donors (Lipinski definition) is 4. The molecule has 1 amide bonds. The largest absolute Gasteiger partial charge is 0.503 e. The van der Waals surface area contributed by atoms with E-state index in [1.54, 1.807) is 12.2 Å². The smallest absolute Gasteiger partial charge is 0.286 e. The summed E-state index contributed by atoms with van der Waals surface area (Å²) in [7, 11) is 0. The van der Waals surface area contributed by atoms with Gasteiger partial charge in [-0.1, -0.05) is 92.0 Å². The molecule has 1 rings (SSSR count). The normalized spacial score (nSPS) is 35.7. The lowest BCUT2D eigenvalue weighted by Gasteiger charge is -2.08. The van der Waals surface area contributed by atoms with Gasteiger partial charge < -0.3 is 20.6 Å². The predicted molar refractivity (Wildman–Crippen MR) is 109 cm³/mol. The van der Waals surface area contributed by atoms with Gasteiger partial charge in [0.2, 0.25) is 0 Å². The second-order valence-corrected chi connectivity index (χ2v) is 5.91. The molecule has 0 saturated carbocycles. The lowest BCUT2D eigenvalue weighted by Crippen LogP contribution is -2.28. The van der Waals surface area contributed by atoms with Crippen LogP contribution in [0.4, 0.5) is 0 Å². The molecular weight excluding hydrogens is 342 g/mol. The molecule has 0 aromatic rings. The SMILES string of the molecule is CC1\C=C/C=C/C=C/C=C/C=C\C(O)C(O)\C=C/C=C/C=C(\O)C(=O)NC1. The molecular formula is C22H27NO4. The van der Waals surface area contributed by atoms with Crippen LogP contribution in [0.2, 0.25) is 0 Å². The van der Waals surface area contributed by atoms with Gasteiger partial charge in [0.05, 0.1) is 0 Å². The summed E-state index contributed by atoms with van der Waals surface area (Å²) in [5.41, 5.74) is 0. The fourth-order valence-electron chi connectivity index (χ4n) is 1.92. The molecule has 1 aliphatic heterocycles. The van der Waals surface area contributed by atoms with Crippen LogP contribution in [-0.2, 0) is 4.79 Å². The minimum absolute atomic E-state index is 0.115. The van der Waals surface area contributed by atoms with Crippen LogP contribution >= 0.6 is 0 Å². The molecule has 3 atom stereocenters.